The van der Waals surface area contributed by atoms with Gasteiger partial charge < -0.3 is 4.74 Å². The summed E-state index contributed by atoms with van der Waals surface area (Å²) in [5, 5.41) is 7.29. The fraction of sp³-hybridized carbons (Fsp3) is 0.429. The molecule has 70 valence electrons. The number of esters is 1. The lowest BCUT2D eigenvalue weighted by Crippen LogP contribution is -2.32. The van der Waals surface area contributed by atoms with Crippen molar-refractivity contribution in [2.45, 2.75) is 0 Å². The van der Waals surface area contributed by atoms with Gasteiger partial charge in [0, 0.05) is 5.21 Å². The molecule has 0 atom stereocenters. The van der Waals surface area contributed by atoms with Crippen LogP contribution in [0.15, 0.2) is 12.4 Å². The third kappa shape index (κ3) is 1.90. The van der Waals surface area contributed by atoms with E-state index in [1.54, 1.807) is 24.9 Å². The standard InChI is InChI=1S/C7H11N4O2/c1-10(2)6(7(12)13-3)11-5-4-8-9-11/h4-5H,1-3H3/q+1. The molecule has 0 aliphatic rings. The minimum Gasteiger partial charge on any atom is -0.460 e. The van der Waals surface area contributed by atoms with E-state index in [0.29, 0.717) is 5.84 Å². The summed E-state index contributed by atoms with van der Waals surface area (Å²) < 4.78 is 7.56. The molecule has 0 spiro atoms. The molecule has 0 amide bonds. The van der Waals surface area contributed by atoms with Crippen molar-refractivity contribution in [2.24, 2.45) is 0 Å². The molecule has 0 saturated heterocycles. The fourth-order valence-corrected chi connectivity index (χ4v) is 0.893. The van der Waals surface area contributed by atoms with Crippen molar-refractivity contribution < 1.29 is 14.1 Å². The summed E-state index contributed by atoms with van der Waals surface area (Å²) in [6, 6.07) is 0. The van der Waals surface area contributed by atoms with Gasteiger partial charge in [-0.3, -0.25) is 4.58 Å². The summed E-state index contributed by atoms with van der Waals surface area (Å²) in [6.07, 6.45) is 3.07. The van der Waals surface area contributed by atoms with E-state index in [2.05, 4.69) is 15.0 Å². The second-order valence-corrected chi connectivity index (χ2v) is 2.56. The first kappa shape index (κ1) is 9.37. The van der Waals surface area contributed by atoms with Crippen LogP contribution in [0.2, 0.25) is 0 Å². The molecule has 0 saturated carbocycles. The van der Waals surface area contributed by atoms with Gasteiger partial charge in [0.2, 0.25) is 0 Å². The van der Waals surface area contributed by atoms with Gasteiger partial charge >= 0.3 is 11.8 Å². The smallest absolute Gasteiger partial charge is 0.423 e. The Morgan fingerprint density at radius 2 is 2.23 bits per heavy atom. The monoisotopic (exact) mass is 183 g/mol. The second-order valence-electron chi connectivity index (χ2n) is 2.56. The van der Waals surface area contributed by atoms with E-state index in [4.69, 9.17) is 0 Å². The summed E-state index contributed by atoms with van der Waals surface area (Å²) in [4.78, 5) is 11.3. The Morgan fingerprint density at radius 1 is 1.54 bits per heavy atom. The van der Waals surface area contributed by atoms with Crippen LogP contribution in [0.1, 0.15) is 0 Å². The number of ether oxygens (including phenoxy) is 1. The van der Waals surface area contributed by atoms with E-state index >= 15 is 0 Å². The van der Waals surface area contributed by atoms with Crippen LogP contribution in [0.4, 0.5) is 0 Å². The first-order valence-electron chi connectivity index (χ1n) is 3.66. The molecule has 0 fully saturated rings. The van der Waals surface area contributed by atoms with Crippen molar-refractivity contribution in [1.29, 1.82) is 0 Å². The quantitative estimate of drug-likeness (QED) is 0.223. The maximum absolute atomic E-state index is 11.3. The fourth-order valence-electron chi connectivity index (χ4n) is 0.893. The maximum atomic E-state index is 11.3. The Labute approximate surface area is 75.4 Å². The predicted octanol–water partition coefficient (Wildman–Crippen LogP) is -1.03. The van der Waals surface area contributed by atoms with Gasteiger partial charge in [-0.15, -0.1) is 5.10 Å². The highest BCUT2D eigenvalue weighted by Gasteiger charge is 2.24. The number of hydrogen-bond donors (Lipinski definition) is 0. The molecule has 0 aromatic carbocycles. The minimum atomic E-state index is -0.449. The lowest BCUT2D eigenvalue weighted by molar-refractivity contribution is -0.466. The van der Waals surface area contributed by atoms with Gasteiger partial charge in [-0.05, 0) is 0 Å². The van der Waals surface area contributed by atoms with Crippen molar-refractivity contribution in [3.63, 3.8) is 0 Å². The first-order valence-corrected chi connectivity index (χ1v) is 3.66. The molecule has 0 aliphatic heterocycles. The summed E-state index contributed by atoms with van der Waals surface area (Å²) in [5.74, 6) is -0.129. The van der Waals surface area contributed by atoms with Gasteiger partial charge in [0.15, 0.2) is 0 Å². The lowest BCUT2D eigenvalue weighted by atomic mass is 10.5. The summed E-state index contributed by atoms with van der Waals surface area (Å²) in [7, 11) is 4.78. The number of hydrogen-bond acceptors (Lipinski definition) is 4. The number of aromatic nitrogens is 3. The zero-order chi connectivity index (χ0) is 9.84. The third-order valence-electron chi connectivity index (χ3n) is 1.43. The van der Waals surface area contributed by atoms with E-state index in [1.165, 1.54) is 18.0 Å². The van der Waals surface area contributed by atoms with Gasteiger partial charge in [-0.1, -0.05) is 4.68 Å². The molecule has 0 aliphatic carbocycles. The number of rotatable bonds is 0. The van der Waals surface area contributed by atoms with Gasteiger partial charge in [-0.25, -0.2) is 4.79 Å². The lowest BCUT2D eigenvalue weighted by Gasteiger charge is -1.98. The SMILES string of the molecule is COC(=O)C(n1ccnn1)=[N+](C)C. The number of carbonyl (C=O) groups excluding carboxylic acids is 1. The zero-order valence-electron chi connectivity index (χ0n) is 7.76. The van der Waals surface area contributed by atoms with E-state index in [-0.39, 0.29) is 0 Å². The molecule has 6 nitrogen and oxygen atoms in total. The zero-order valence-corrected chi connectivity index (χ0v) is 7.76. The van der Waals surface area contributed by atoms with E-state index < -0.39 is 5.97 Å². The van der Waals surface area contributed by atoms with E-state index in [0.717, 1.165) is 0 Å². The number of nitrogens with zero attached hydrogens (tertiary/aromatic N) is 4. The van der Waals surface area contributed by atoms with E-state index in [1.807, 2.05) is 0 Å². The van der Waals surface area contributed by atoms with Crippen molar-refractivity contribution in [1.82, 2.24) is 15.0 Å². The topological polar surface area (TPSA) is 60.0 Å². The van der Waals surface area contributed by atoms with Crippen LogP contribution in [-0.2, 0) is 9.53 Å². The Bertz CT molecular complexity index is 324. The average Bonchev–Trinajstić information content (AvgIpc) is 2.56. The molecule has 0 N–H and O–H groups in total. The molecule has 1 rings (SSSR count). The first-order chi connectivity index (χ1) is 6.16. The predicted molar refractivity (Wildman–Crippen MR) is 44.6 cm³/mol. The van der Waals surface area contributed by atoms with Gasteiger partial charge in [0.1, 0.15) is 6.20 Å². The molecular formula is C7H11N4O2+. The Balaban J connectivity index is 3.10. The van der Waals surface area contributed by atoms with Crippen LogP contribution >= 0.6 is 0 Å². The molecule has 0 unspecified atom stereocenters. The van der Waals surface area contributed by atoms with Crippen LogP contribution in [0.5, 0.6) is 0 Å². The highest BCUT2D eigenvalue weighted by atomic mass is 16.5. The largest absolute Gasteiger partial charge is 0.460 e. The van der Waals surface area contributed by atoms with Crippen molar-refractivity contribution in [3.8, 4) is 0 Å². The van der Waals surface area contributed by atoms with Gasteiger partial charge in [-0.2, -0.15) is 0 Å². The van der Waals surface area contributed by atoms with Crippen LogP contribution in [0, 0.1) is 0 Å². The second kappa shape index (κ2) is 3.79. The number of methoxy groups -OCH3 is 1. The highest BCUT2D eigenvalue weighted by Crippen LogP contribution is 1.86. The number of carbonyl (C=O) groups is 1. The van der Waals surface area contributed by atoms with Crippen LogP contribution < -0.4 is 0 Å². The van der Waals surface area contributed by atoms with Crippen LogP contribution in [0.3, 0.4) is 0 Å². The summed E-state index contributed by atoms with van der Waals surface area (Å²) >= 11 is 0. The molecule has 6 heteroatoms. The van der Waals surface area contributed by atoms with Crippen molar-refractivity contribution in [2.75, 3.05) is 21.2 Å². The molecule has 13 heavy (non-hydrogen) atoms. The van der Waals surface area contributed by atoms with Gasteiger partial charge in [0.05, 0.1) is 27.4 Å². The Kier molecular flexibility index (Phi) is 2.73. The third-order valence-corrected chi connectivity index (χ3v) is 1.43. The van der Waals surface area contributed by atoms with E-state index in [9.17, 15) is 4.79 Å². The normalized spacial score (nSPS) is 9.46. The molecule has 0 bridgehead atoms. The highest BCUT2D eigenvalue weighted by molar-refractivity contribution is 6.33. The molecular weight excluding hydrogens is 172 g/mol. The minimum absolute atomic E-state index is 0.319. The maximum Gasteiger partial charge on any atom is 0.423 e. The molecule has 1 heterocycles. The average molecular weight is 183 g/mol. The molecule has 1 aromatic heterocycles. The van der Waals surface area contributed by atoms with Crippen LogP contribution in [0.25, 0.3) is 0 Å². The summed E-state index contributed by atoms with van der Waals surface area (Å²) in [5.41, 5.74) is 0. The van der Waals surface area contributed by atoms with Crippen LogP contribution in [-0.4, -0.2) is 52.6 Å². The Morgan fingerprint density at radius 3 is 2.62 bits per heavy atom. The van der Waals surface area contributed by atoms with Crippen molar-refractivity contribution in [3.05, 3.63) is 12.4 Å². The molecule has 1 aromatic rings. The van der Waals surface area contributed by atoms with Gasteiger partial charge in [0.25, 0.3) is 0 Å². The Hall–Kier alpha value is -1.72. The van der Waals surface area contributed by atoms with Crippen molar-refractivity contribution >= 4 is 11.8 Å². The molecule has 0 radical (unpaired) electrons. The summed E-state index contributed by atoms with van der Waals surface area (Å²) in [6.45, 7) is 0.